The Bertz CT molecular complexity index is 659. The van der Waals surface area contributed by atoms with Crippen molar-refractivity contribution in [2.45, 2.75) is 26.2 Å². The van der Waals surface area contributed by atoms with Gasteiger partial charge in [-0.2, -0.15) is 10.2 Å². The van der Waals surface area contributed by atoms with Gasteiger partial charge in [-0.25, -0.2) is 0 Å². The average Bonchev–Trinajstić information content (AvgIpc) is 2.98. The standard InChI is InChI=1S/C14H17N5O/c1-9-7-8-12(16-15-9)18(2)14(20)13-10-5-4-6-11(10)17-19(13)3/h7-8H,4-6H2,1-3H3. The molecule has 0 atom stereocenters. The molecule has 2 aromatic rings. The van der Waals surface area contributed by atoms with E-state index in [1.54, 1.807) is 17.8 Å². The van der Waals surface area contributed by atoms with Crippen LogP contribution in [0, 0.1) is 6.92 Å². The zero-order valence-electron chi connectivity index (χ0n) is 11.9. The molecule has 2 aromatic heterocycles. The molecule has 0 saturated heterocycles. The quantitative estimate of drug-likeness (QED) is 0.825. The van der Waals surface area contributed by atoms with E-state index in [0.717, 1.165) is 36.2 Å². The number of hydrogen-bond acceptors (Lipinski definition) is 4. The van der Waals surface area contributed by atoms with E-state index in [4.69, 9.17) is 0 Å². The zero-order chi connectivity index (χ0) is 14.3. The minimum Gasteiger partial charge on any atom is -0.293 e. The van der Waals surface area contributed by atoms with Crippen molar-refractivity contribution in [1.29, 1.82) is 0 Å². The molecule has 0 unspecified atom stereocenters. The molecule has 0 bridgehead atoms. The Morgan fingerprint density at radius 1 is 1.30 bits per heavy atom. The minimum atomic E-state index is -0.0821. The van der Waals surface area contributed by atoms with Crippen molar-refractivity contribution in [2.24, 2.45) is 7.05 Å². The predicted octanol–water partition coefficient (Wildman–Crippen LogP) is 1.28. The van der Waals surface area contributed by atoms with Crippen LogP contribution in [-0.2, 0) is 19.9 Å². The Balaban J connectivity index is 1.95. The second-order valence-corrected chi connectivity index (χ2v) is 5.15. The molecule has 0 aliphatic heterocycles. The fourth-order valence-electron chi connectivity index (χ4n) is 2.62. The van der Waals surface area contributed by atoms with E-state index in [9.17, 15) is 4.79 Å². The van der Waals surface area contributed by atoms with Crippen LogP contribution in [0.2, 0.25) is 0 Å². The van der Waals surface area contributed by atoms with Crippen LogP contribution in [-0.4, -0.2) is 32.9 Å². The van der Waals surface area contributed by atoms with Crippen molar-refractivity contribution in [3.8, 4) is 0 Å². The lowest BCUT2D eigenvalue weighted by Crippen LogP contribution is -2.30. The molecule has 6 nitrogen and oxygen atoms in total. The summed E-state index contributed by atoms with van der Waals surface area (Å²) in [5, 5.41) is 12.5. The topological polar surface area (TPSA) is 63.9 Å². The predicted molar refractivity (Wildman–Crippen MR) is 74.7 cm³/mol. The highest BCUT2D eigenvalue weighted by Gasteiger charge is 2.27. The number of amides is 1. The van der Waals surface area contributed by atoms with Crippen LogP contribution >= 0.6 is 0 Å². The number of rotatable bonds is 2. The third-order valence-corrected chi connectivity index (χ3v) is 3.70. The lowest BCUT2D eigenvalue weighted by Gasteiger charge is -2.16. The summed E-state index contributed by atoms with van der Waals surface area (Å²) in [5.74, 6) is 0.467. The summed E-state index contributed by atoms with van der Waals surface area (Å²) in [4.78, 5) is 14.2. The molecule has 0 radical (unpaired) electrons. The number of aryl methyl sites for hydroxylation is 3. The van der Waals surface area contributed by atoms with Gasteiger partial charge in [-0.05, 0) is 38.3 Å². The fourth-order valence-corrected chi connectivity index (χ4v) is 2.62. The second-order valence-electron chi connectivity index (χ2n) is 5.15. The van der Waals surface area contributed by atoms with E-state index < -0.39 is 0 Å². The van der Waals surface area contributed by atoms with E-state index in [1.807, 2.05) is 20.0 Å². The summed E-state index contributed by atoms with van der Waals surface area (Å²) < 4.78 is 1.68. The van der Waals surface area contributed by atoms with Crippen LogP contribution in [0.1, 0.15) is 33.9 Å². The van der Waals surface area contributed by atoms with Gasteiger partial charge in [0.05, 0.1) is 11.4 Å². The molecule has 0 saturated carbocycles. The van der Waals surface area contributed by atoms with Crippen LogP contribution in [0.15, 0.2) is 12.1 Å². The van der Waals surface area contributed by atoms with Gasteiger partial charge in [-0.3, -0.25) is 14.4 Å². The number of carbonyl (C=O) groups is 1. The number of fused-ring (bicyclic) bond motifs is 1. The maximum atomic E-state index is 12.7. The molecule has 2 heterocycles. The van der Waals surface area contributed by atoms with Gasteiger partial charge >= 0.3 is 0 Å². The second kappa shape index (κ2) is 4.70. The first-order chi connectivity index (χ1) is 9.58. The van der Waals surface area contributed by atoms with Crippen molar-refractivity contribution in [2.75, 3.05) is 11.9 Å². The van der Waals surface area contributed by atoms with Gasteiger partial charge in [0.1, 0.15) is 5.69 Å². The van der Waals surface area contributed by atoms with Gasteiger partial charge in [-0.15, -0.1) is 5.10 Å². The molecule has 0 spiro atoms. The maximum Gasteiger partial charge on any atom is 0.277 e. The highest BCUT2D eigenvalue weighted by Crippen LogP contribution is 2.25. The van der Waals surface area contributed by atoms with E-state index in [0.29, 0.717) is 11.5 Å². The van der Waals surface area contributed by atoms with Crippen molar-refractivity contribution in [3.63, 3.8) is 0 Å². The van der Waals surface area contributed by atoms with Crippen molar-refractivity contribution < 1.29 is 4.79 Å². The molecular weight excluding hydrogens is 254 g/mol. The molecule has 1 amide bonds. The first-order valence-electron chi connectivity index (χ1n) is 6.71. The largest absolute Gasteiger partial charge is 0.293 e. The van der Waals surface area contributed by atoms with Crippen LogP contribution in [0.3, 0.4) is 0 Å². The van der Waals surface area contributed by atoms with Crippen molar-refractivity contribution in [1.82, 2.24) is 20.0 Å². The monoisotopic (exact) mass is 271 g/mol. The SMILES string of the molecule is Cc1ccc(N(C)C(=O)c2c3c(nn2C)CCC3)nn1. The van der Waals surface area contributed by atoms with Gasteiger partial charge in [0.25, 0.3) is 5.91 Å². The van der Waals surface area contributed by atoms with Gasteiger partial charge in [0.15, 0.2) is 5.82 Å². The third kappa shape index (κ3) is 1.97. The zero-order valence-corrected chi connectivity index (χ0v) is 11.9. The average molecular weight is 271 g/mol. The number of hydrogen-bond donors (Lipinski definition) is 0. The summed E-state index contributed by atoms with van der Waals surface area (Å²) in [6.07, 6.45) is 2.97. The maximum absolute atomic E-state index is 12.7. The van der Waals surface area contributed by atoms with E-state index >= 15 is 0 Å². The molecule has 20 heavy (non-hydrogen) atoms. The van der Waals surface area contributed by atoms with E-state index in [2.05, 4.69) is 15.3 Å². The van der Waals surface area contributed by atoms with Gasteiger partial charge in [0, 0.05) is 19.7 Å². The Kier molecular flexibility index (Phi) is 3.00. The summed E-state index contributed by atoms with van der Waals surface area (Å²) in [7, 11) is 3.54. The summed E-state index contributed by atoms with van der Waals surface area (Å²) in [6.45, 7) is 1.87. The van der Waals surface area contributed by atoms with Gasteiger partial charge < -0.3 is 0 Å². The Morgan fingerprint density at radius 2 is 2.10 bits per heavy atom. The van der Waals surface area contributed by atoms with Gasteiger partial charge in [0.2, 0.25) is 0 Å². The normalized spacial score (nSPS) is 13.3. The first kappa shape index (κ1) is 12.8. The Hall–Kier alpha value is -2.24. The van der Waals surface area contributed by atoms with E-state index in [-0.39, 0.29) is 5.91 Å². The van der Waals surface area contributed by atoms with E-state index in [1.165, 1.54) is 4.90 Å². The van der Waals surface area contributed by atoms with Crippen LogP contribution in [0.25, 0.3) is 0 Å². The molecular formula is C14H17N5O. The van der Waals surface area contributed by atoms with Crippen LogP contribution in [0.4, 0.5) is 5.82 Å². The molecule has 3 rings (SSSR count). The molecule has 1 aliphatic carbocycles. The molecule has 6 heteroatoms. The number of carbonyl (C=O) groups excluding carboxylic acids is 1. The Morgan fingerprint density at radius 3 is 2.80 bits per heavy atom. The highest BCUT2D eigenvalue weighted by atomic mass is 16.2. The smallest absolute Gasteiger partial charge is 0.277 e. The molecule has 0 aromatic carbocycles. The lowest BCUT2D eigenvalue weighted by atomic mass is 10.2. The highest BCUT2D eigenvalue weighted by molar-refractivity contribution is 6.05. The molecule has 0 N–H and O–H groups in total. The van der Waals surface area contributed by atoms with Crippen LogP contribution in [0.5, 0.6) is 0 Å². The molecule has 0 fully saturated rings. The lowest BCUT2D eigenvalue weighted by molar-refractivity contribution is 0.0982. The number of aromatic nitrogens is 4. The van der Waals surface area contributed by atoms with Crippen molar-refractivity contribution in [3.05, 3.63) is 34.8 Å². The summed E-state index contributed by atoms with van der Waals surface area (Å²) in [5.41, 5.74) is 3.64. The number of nitrogens with zero attached hydrogens (tertiary/aromatic N) is 5. The van der Waals surface area contributed by atoms with Crippen LogP contribution < -0.4 is 4.90 Å². The molecule has 1 aliphatic rings. The van der Waals surface area contributed by atoms with Crippen molar-refractivity contribution >= 4 is 11.7 Å². The summed E-state index contributed by atoms with van der Waals surface area (Å²) in [6, 6.07) is 3.65. The Labute approximate surface area is 117 Å². The number of anilines is 1. The third-order valence-electron chi connectivity index (χ3n) is 3.70. The minimum absolute atomic E-state index is 0.0821. The first-order valence-corrected chi connectivity index (χ1v) is 6.71. The van der Waals surface area contributed by atoms with Gasteiger partial charge in [-0.1, -0.05) is 0 Å². The fraction of sp³-hybridized carbons (Fsp3) is 0.429. The summed E-state index contributed by atoms with van der Waals surface area (Å²) >= 11 is 0. The molecule has 104 valence electrons.